The molecule has 0 amide bonds. The van der Waals surface area contributed by atoms with Gasteiger partial charge in [-0.15, -0.1) is 0 Å². The molecule has 0 aliphatic carbocycles. The topological polar surface area (TPSA) is 52.8 Å². The predicted molar refractivity (Wildman–Crippen MR) is 75.2 cm³/mol. The minimum absolute atomic E-state index is 0.469. The van der Waals surface area contributed by atoms with Crippen molar-refractivity contribution >= 4 is 17.4 Å². The SMILES string of the molecule is CN(CCc1ccncc1)c1ncc(C#N)cc1Cl. The van der Waals surface area contributed by atoms with Gasteiger partial charge in [-0.1, -0.05) is 11.6 Å². The zero-order valence-electron chi connectivity index (χ0n) is 10.5. The molecule has 19 heavy (non-hydrogen) atoms. The lowest BCUT2D eigenvalue weighted by molar-refractivity contribution is 0.858. The maximum Gasteiger partial charge on any atom is 0.147 e. The molecule has 0 saturated heterocycles. The minimum atomic E-state index is 0.469. The van der Waals surface area contributed by atoms with Crippen molar-refractivity contribution in [3.63, 3.8) is 0 Å². The second-order valence-electron chi connectivity index (χ2n) is 4.17. The van der Waals surface area contributed by atoms with Crippen LogP contribution in [0.5, 0.6) is 0 Å². The first kappa shape index (κ1) is 13.3. The Morgan fingerprint density at radius 3 is 2.74 bits per heavy atom. The first-order valence-corrected chi connectivity index (χ1v) is 6.24. The molecule has 4 nitrogen and oxygen atoms in total. The summed E-state index contributed by atoms with van der Waals surface area (Å²) in [7, 11) is 1.93. The highest BCUT2D eigenvalue weighted by Crippen LogP contribution is 2.23. The van der Waals surface area contributed by atoms with Crippen molar-refractivity contribution < 1.29 is 0 Å². The smallest absolute Gasteiger partial charge is 0.147 e. The standard InChI is InChI=1S/C14H13ClN4/c1-19(7-4-11-2-5-17-6-3-11)14-13(15)8-12(9-16)10-18-14/h2-3,5-6,8,10H,4,7H2,1H3. The van der Waals surface area contributed by atoms with Gasteiger partial charge in [0.1, 0.15) is 11.9 Å². The molecule has 0 atom stereocenters. The third-order valence-corrected chi connectivity index (χ3v) is 3.08. The Hall–Kier alpha value is -2.12. The Bertz CT molecular complexity index is 592. The average Bonchev–Trinajstić information content (AvgIpc) is 2.45. The van der Waals surface area contributed by atoms with Gasteiger partial charge in [-0.2, -0.15) is 5.26 Å². The second kappa shape index (κ2) is 6.17. The van der Waals surface area contributed by atoms with Crippen LogP contribution < -0.4 is 4.90 Å². The highest BCUT2D eigenvalue weighted by Gasteiger charge is 2.08. The van der Waals surface area contributed by atoms with Crippen molar-refractivity contribution in [3.05, 3.63) is 52.9 Å². The molecule has 5 heteroatoms. The van der Waals surface area contributed by atoms with Gasteiger partial charge in [0, 0.05) is 32.2 Å². The molecule has 0 fully saturated rings. The van der Waals surface area contributed by atoms with E-state index in [1.54, 1.807) is 18.5 Å². The Balaban J connectivity index is 2.04. The molecule has 0 saturated carbocycles. The van der Waals surface area contributed by atoms with Gasteiger partial charge in [0.25, 0.3) is 0 Å². The van der Waals surface area contributed by atoms with Gasteiger partial charge in [0.2, 0.25) is 0 Å². The first-order valence-electron chi connectivity index (χ1n) is 5.86. The lowest BCUT2D eigenvalue weighted by atomic mass is 10.2. The van der Waals surface area contributed by atoms with E-state index in [2.05, 4.69) is 9.97 Å². The second-order valence-corrected chi connectivity index (χ2v) is 4.58. The van der Waals surface area contributed by atoms with E-state index in [-0.39, 0.29) is 0 Å². The largest absolute Gasteiger partial charge is 0.358 e. The number of halogens is 1. The van der Waals surface area contributed by atoms with Crippen LogP contribution in [0.15, 0.2) is 36.8 Å². The van der Waals surface area contributed by atoms with Crippen LogP contribution in [0.3, 0.4) is 0 Å². The number of rotatable bonds is 4. The Morgan fingerprint density at radius 2 is 2.11 bits per heavy atom. The van der Waals surface area contributed by atoms with E-state index in [1.165, 1.54) is 11.8 Å². The Labute approximate surface area is 117 Å². The van der Waals surface area contributed by atoms with E-state index < -0.39 is 0 Å². The molecule has 0 aliphatic heterocycles. The highest BCUT2D eigenvalue weighted by molar-refractivity contribution is 6.33. The molecule has 2 aromatic rings. The zero-order valence-corrected chi connectivity index (χ0v) is 11.3. The van der Waals surface area contributed by atoms with Crippen LogP contribution in [0.2, 0.25) is 5.02 Å². The van der Waals surface area contributed by atoms with Gasteiger partial charge >= 0.3 is 0 Å². The predicted octanol–water partition coefficient (Wildman–Crippen LogP) is 2.68. The van der Waals surface area contributed by atoms with E-state index in [0.29, 0.717) is 16.4 Å². The van der Waals surface area contributed by atoms with E-state index in [9.17, 15) is 0 Å². The van der Waals surface area contributed by atoms with Crippen molar-refractivity contribution in [2.24, 2.45) is 0 Å². The molecule has 0 aromatic carbocycles. The monoisotopic (exact) mass is 272 g/mol. The van der Waals surface area contributed by atoms with Gasteiger partial charge < -0.3 is 4.90 Å². The molecule has 0 aliphatic rings. The van der Waals surface area contributed by atoms with Crippen LogP contribution in [0.1, 0.15) is 11.1 Å². The molecule has 0 N–H and O–H groups in total. The average molecular weight is 273 g/mol. The van der Waals surface area contributed by atoms with E-state index in [0.717, 1.165) is 13.0 Å². The van der Waals surface area contributed by atoms with Gasteiger partial charge in [0.15, 0.2) is 0 Å². The van der Waals surface area contributed by atoms with Crippen molar-refractivity contribution in [1.82, 2.24) is 9.97 Å². The number of hydrogen-bond acceptors (Lipinski definition) is 4. The molecule has 0 radical (unpaired) electrons. The Morgan fingerprint density at radius 1 is 1.37 bits per heavy atom. The Kier molecular flexibility index (Phi) is 4.32. The number of nitrogens with zero attached hydrogens (tertiary/aromatic N) is 4. The number of likely N-dealkylation sites (N-methyl/N-ethyl adjacent to an activating group) is 1. The molecule has 96 valence electrons. The normalized spacial score (nSPS) is 9.95. The number of aromatic nitrogens is 2. The van der Waals surface area contributed by atoms with Crippen LogP contribution in [-0.4, -0.2) is 23.6 Å². The fourth-order valence-electron chi connectivity index (χ4n) is 1.72. The molecule has 0 spiro atoms. The quantitative estimate of drug-likeness (QED) is 0.859. The molecule has 0 bridgehead atoms. The van der Waals surface area contributed by atoms with Crippen LogP contribution in [0, 0.1) is 11.3 Å². The summed E-state index contributed by atoms with van der Waals surface area (Å²) in [4.78, 5) is 10.2. The molecule has 2 heterocycles. The summed E-state index contributed by atoms with van der Waals surface area (Å²) in [6.07, 6.45) is 5.98. The van der Waals surface area contributed by atoms with Crippen LogP contribution in [0.25, 0.3) is 0 Å². The first-order chi connectivity index (χ1) is 9.20. The van der Waals surface area contributed by atoms with E-state index in [1.807, 2.05) is 30.1 Å². The number of nitriles is 1. The number of hydrogen-bond donors (Lipinski definition) is 0. The van der Waals surface area contributed by atoms with Crippen LogP contribution >= 0.6 is 11.6 Å². The van der Waals surface area contributed by atoms with Crippen LogP contribution in [-0.2, 0) is 6.42 Å². The summed E-state index contributed by atoms with van der Waals surface area (Å²) >= 11 is 6.12. The summed E-state index contributed by atoms with van der Waals surface area (Å²) in [5.41, 5.74) is 1.68. The third-order valence-electron chi connectivity index (χ3n) is 2.80. The van der Waals surface area contributed by atoms with Crippen molar-refractivity contribution in [2.75, 3.05) is 18.5 Å². The van der Waals surface area contributed by atoms with Gasteiger partial charge in [-0.05, 0) is 30.2 Å². The number of anilines is 1. The summed E-state index contributed by atoms with van der Waals surface area (Å²) in [5.74, 6) is 0.690. The highest BCUT2D eigenvalue weighted by atomic mass is 35.5. The molecule has 2 aromatic heterocycles. The summed E-state index contributed by atoms with van der Waals surface area (Å²) < 4.78 is 0. The van der Waals surface area contributed by atoms with Crippen molar-refractivity contribution in [2.45, 2.75) is 6.42 Å². The summed E-state index contributed by atoms with van der Waals surface area (Å²) in [6, 6.07) is 7.63. The summed E-state index contributed by atoms with van der Waals surface area (Å²) in [6.45, 7) is 0.794. The fraction of sp³-hybridized carbons (Fsp3) is 0.214. The maximum absolute atomic E-state index is 8.78. The number of pyridine rings is 2. The van der Waals surface area contributed by atoms with Crippen molar-refractivity contribution in [1.29, 1.82) is 5.26 Å². The fourth-order valence-corrected chi connectivity index (χ4v) is 2.04. The van der Waals surface area contributed by atoms with Crippen LogP contribution in [0.4, 0.5) is 5.82 Å². The van der Waals surface area contributed by atoms with Gasteiger partial charge in [-0.25, -0.2) is 4.98 Å². The lowest BCUT2D eigenvalue weighted by Gasteiger charge is -2.19. The van der Waals surface area contributed by atoms with Crippen molar-refractivity contribution in [3.8, 4) is 6.07 Å². The van der Waals surface area contributed by atoms with Gasteiger partial charge in [0.05, 0.1) is 10.6 Å². The minimum Gasteiger partial charge on any atom is -0.358 e. The molecule has 0 unspecified atom stereocenters. The zero-order chi connectivity index (χ0) is 13.7. The molecule has 2 rings (SSSR count). The molecular formula is C14H13ClN4. The van der Waals surface area contributed by atoms with E-state index >= 15 is 0 Å². The third kappa shape index (κ3) is 3.43. The lowest BCUT2D eigenvalue weighted by Crippen LogP contribution is -2.21. The van der Waals surface area contributed by atoms with Gasteiger partial charge in [-0.3, -0.25) is 4.98 Å². The molecular weight excluding hydrogens is 260 g/mol. The maximum atomic E-state index is 8.78. The summed E-state index contributed by atoms with van der Waals surface area (Å²) in [5, 5.41) is 9.27. The van der Waals surface area contributed by atoms with E-state index in [4.69, 9.17) is 16.9 Å².